The van der Waals surface area contributed by atoms with Crippen LogP contribution in [0, 0.1) is 0 Å². The molecular weight excluding hydrogens is 987 g/mol. The third-order valence-corrected chi connectivity index (χ3v) is 13.9. The van der Waals surface area contributed by atoms with E-state index in [2.05, 4.69) is 19.2 Å². The standard InChI is InChI=1S/C61H107NO15/c1-9-11-13-15-17-19-21-23-25-26-27-28-30-32-34-36-38-40-42-44-55(73-49(5)65)60(69)62-53(54(72-48(4)64)43-41-39-37-35-33-31-29-24-22-20-18-16-14-12-10-2)45-71-61-59(76-52(8)68)58(75-51(7)67)57(74-50(6)66)56(77-61)46-70-47(3)63/h41,43,53-59,61H,9-40,42,44-46H2,1-8H3,(H,62,69). The van der Waals surface area contributed by atoms with Crippen molar-refractivity contribution in [3.05, 3.63) is 12.2 Å². The molecule has 8 atom stereocenters. The minimum Gasteiger partial charge on any atom is -0.463 e. The molecule has 0 aliphatic carbocycles. The number of hydrogen-bond donors (Lipinski definition) is 1. The molecule has 1 aliphatic heterocycles. The molecule has 1 saturated heterocycles. The van der Waals surface area contributed by atoms with Crippen molar-refractivity contribution >= 4 is 41.7 Å². The van der Waals surface area contributed by atoms with Gasteiger partial charge in [-0.25, -0.2) is 0 Å². The van der Waals surface area contributed by atoms with Crippen LogP contribution >= 0.6 is 0 Å². The SMILES string of the molecule is CCCCCCCCCCCCCCCC=CC(OC(C)=O)C(COC1OC(COC(C)=O)C(OC(C)=O)C(OC(C)=O)C1OC(C)=O)NC(=O)C(CCCCCCCCCCCCCCCCCCCCC)OC(C)=O. The van der Waals surface area contributed by atoms with Gasteiger partial charge < -0.3 is 43.2 Å². The Labute approximate surface area is 465 Å². The highest BCUT2D eigenvalue weighted by Gasteiger charge is 2.53. The molecule has 0 aromatic rings. The predicted octanol–water partition coefficient (Wildman–Crippen LogP) is 13.3. The zero-order chi connectivity index (χ0) is 56.9. The molecular formula is C61H107NO15. The van der Waals surface area contributed by atoms with Crippen LogP contribution in [0.15, 0.2) is 12.2 Å². The number of nitrogens with one attached hydrogen (secondary N) is 1. The predicted molar refractivity (Wildman–Crippen MR) is 298 cm³/mol. The van der Waals surface area contributed by atoms with Gasteiger partial charge in [-0.1, -0.05) is 213 Å². The highest BCUT2D eigenvalue weighted by Crippen LogP contribution is 2.31. The molecule has 1 N–H and O–H groups in total. The van der Waals surface area contributed by atoms with E-state index < -0.39 is 104 Å². The number of esters is 6. The second-order valence-electron chi connectivity index (χ2n) is 21.3. The Bertz CT molecular complexity index is 1620. The van der Waals surface area contributed by atoms with Crippen LogP contribution < -0.4 is 5.32 Å². The van der Waals surface area contributed by atoms with Gasteiger partial charge in [0.2, 0.25) is 0 Å². The summed E-state index contributed by atoms with van der Waals surface area (Å²) in [4.78, 5) is 88.7. The van der Waals surface area contributed by atoms with Crippen molar-refractivity contribution in [1.29, 1.82) is 0 Å². The molecule has 1 aliphatic rings. The first-order valence-electron chi connectivity index (χ1n) is 30.3. The molecule has 0 saturated carbocycles. The normalized spacial score (nSPS) is 18.5. The molecule has 0 spiro atoms. The molecule has 1 rings (SSSR count). The highest BCUT2D eigenvalue weighted by molar-refractivity contribution is 5.83. The summed E-state index contributed by atoms with van der Waals surface area (Å²) in [5.41, 5.74) is 0. The Hall–Kier alpha value is -4.05. The highest BCUT2D eigenvalue weighted by atomic mass is 16.7. The molecule has 77 heavy (non-hydrogen) atoms. The number of rotatable bonds is 48. The average molecular weight is 1090 g/mol. The first-order valence-corrected chi connectivity index (χ1v) is 30.3. The summed E-state index contributed by atoms with van der Waals surface area (Å²) < 4.78 is 45.8. The van der Waals surface area contributed by atoms with Crippen LogP contribution in [0.2, 0.25) is 0 Å². The fourth-order valence-corrected chi connectivity index (χ4v) is 9.83. The lowest BCUT2D eigenvalue weighted by atomic mass is 9.98. The van der Waals surface area contributed by atoms with E-state index in [9.17, 15) is 33.6 Å². The molecule has 1 amide bonds. The first kappa shape index (κ1) is 71.0. The Balaban J connectivity index is 3.13. The lowest BCUT2D eigenvalue weighted by Gasteiger charge is -2.44. The van der Waals surface area contributed by atoms with E-state index >= 15 is 0 Å². The van der Waals surface area contributed by atoms with Crippen molar-refractivity contribution in [3.63, 3.8) is 0 Å². The number of ether oxygens (including phenoxy) is 8. The largest absolute Gasteiger partial charge is 0.463 e. The van der Waals surface area contributed by atoms with Crippen LogP contribution in [0.3, 0.4) is 0 Å². The van der Waals surface area contributed by atoms with Crippen LogP contribution in [0.25, 0.3) is 0 Å². The van der Waals surface area contributed by atoms with Crippen molar-refractivity contribution < 1.29 is 71.5 Å². The van der Waals surface area contributed by atoms with Crippen LogP contribution in [0.1, 0.15) is 274 Å². The molecule has 16 nitrogen and oxygen atoms in total. The summed E-state index contributed by atoms with van der Waals surface area (Å²) in [7, 11) is 0. The topological polar surface area (TPSA) is 205 Å². The van der Waals surface area contributed by atoms with Gasteiger partial charge in [0.25, 0.3) is 5.91 Å². The Morgan fingerprint density at radius 3 is 1.25 bits per heavy atom. The summed E-state index contributed by atoms with van der Waals surface area (Å²) >= 11 is 0. The van der Waals surface area contributed by atoms with Gasteiger partial charge in [0.1, 0.15) is 18.8 Å². The molecule has 16 heteroatoms. The van der Waals surface area contributed by atoms with E-state index in [1.165, 1.54) is 175 Å². The van der Waals surface area contributed by atoms with Crippen molar-refractivity contribution in [2.75, 3.05) is 13.2 Å². The smallest absolute Gasteiger partial charge is 0.303 e. The molecule has 1 fully saturated rings. The van der Waals surface area contributed by atoms with E-state index in [1.54, 1.807) is 6.08 Å². The number of carbonyl (C=O) groups is 7. The third-order valence-electron chi connectivity index (χ3n) is 13.9. The molecule has 1 heterocycles. The van der Waals surface area contributed by atoms with Crippen molar-refractivity contribution in [1.82, 2.24) is 5.32 Å². The van der Waals surface area contributed by atoms with Crippen LogP contribution in [-0.2, 0) is 71.5 Å². The van der Waals surface area contributed by atoms with Crippen LogP contribution in [-0.4, -0.2) is 104 Å². The summed E-state index contributed by atoms with van der Waals surface area (Å²) in [5, 5.41) is 2.91. The van der Waals surface area contributed by atoms with Crippen molar-refractivity contribution in [2.24, 2.45) is 0 Å². The number of allylic oxidation sites excluding steroid dienone is 1. The average Bonchev–Trinajstić information content (AvgIpc) is 3.36. The minimum absolute atomic E-state index is 0.255. The molecule has 0 aromatic carbocycles. The maximum absolute atomic E-state index is 14.2. The maximum atomic E-state index is 14.2. The van der Waals surface area contributed by atoms with Gasteiger partial charge in [-0.2, -0.15) is 0 Å². The Kier molecular flexibility index (Phi) is 43.2. The number of carbonyl (C=O) groups excluding carboxylic acids is 7. The maximum Gasteiger partial charge on any atom is 0.303 e. The fraction of sp³-hybridized carbons (Fsp3) is 0.852. The monoisotopic (exact) mass is 1090 g/mol. The Morgan fingerprint density at radius 1 is 0.455 bits per heavy atom. The zero-order valence-electron chi connectivity index (χ0n) is 49.4. The molecule has 0 radical (unpaired) electrons. The fourth-order valence-electron chi connectivity index (χ4n) is 9.83. The Morgan fingerprint density at radius 2 is 0.844 bits per heavy atom. The zero-order valence-corrected chi connectivity index (χ0v) is 49.4. The van der Waals surface area contributed by atoms with Gasteiger partial charge in [-0.15, -0.1) is 0 Å². The number of unbranched alkanes of at least 4 members (excludes halogenated alkanes) is 31. The van der Waals surface area contributed by atoms with Crippen molar-refractivity contribution in [2.45, 2.75) is 323 Å². The van der Waals surface area contributed by atoms with E-state index in [1.807, 2.05) is 6.08 Å². The van der Waals surface area contributed by atoms with Crippen LogP contribution in [0.4, 0.5) is 0 Å². The summed E-state index contributed by atoms with van der Waals surface area (Å²) in [5.74, 6) is -5.02. The molecule has 0 bridgehead atoms. The lowest BCUT2D eigenvalue weighted by Crippen LogP contribution is -2.63. The summed E-state index contributed by atoms with van der Waals surface area (Å²) in [6.07, 6.45) is 34.0. The third kappa shape index (κ3) is 38.2. The molecule has 0 aromatic heterocycles. The summed E-state index contributed by atoms with van der Waals surface area (Å²) in [6, 6.07) is -1.13. The van der Waals surface area contributed by atoms with Crippen LogP contribution in [0.5, 0.6) is 0 Å². The molecule has 446 valence electrons. The van der Waals surface area contributed by atoms with E-state index in [-0.39, 0.29) is 6.42 Å². The first-order chi connectivity index (χ1) is 37.1. The second-order valence-corrected chi connectivity index (χ2v) is 21.3. The number of amides is 1. The van der Waals surface area contributed by atoms with E-state index in [0.29, 0.717) is 12.8 Å². The summed E-state index contributed by atoms with van der Waals surface area (Å²) in [6.45, 7) is 10.6. The van der Waals surface area contributed by atoms with E-state index in [4.69, 9.17) is 37.9 Å². The minimum atomic E-state index is -1.57. The van der Waals surface area contributed by atoms with E-state index in [0.717, 1.165) is 65.7 Å². The van der Waals surface area contributed by atoms with Gasteiger partial charge in [-0.3, -0.25) is 33.6 Å². The van der Waals surface area contributed by atoms with Gasteiger partial charge in [-0.05, 0) is 31.8 Å². The van der Waals surface area contributed by atoms with Gasteiger partial charge in [0.15, 0.2) is 30.7 Å². The van der Waals surface area contributed by atoms with Gasteiger partial charge >= 0.3 is 35.8 Å². The van der Waals surface area contributed by atoms with Crippen molar-refractivity contribution in [3.8, 4) is 0 Å². The van der Waals surface area contributed by atoms with Gasteiger partial charge in [0, 0.05) is 41.5 Å². The molecule has 8 unspecified atom stereocenters. The quantitative estimate of drug-likeness (QED) is 0.0260. The second kappa shape index (κ2) is 46.8. The van der Waals surface area contributed by atoms with Gasteiger partial charge in [0.05, 0.1) is 12.6 Å². The lowest BCUT2D eigenvalue weighted by molar-refractivity contribution is -0.309. The number of hydrogen-bond acceptors (Lipinski definition) is 15.